The van der Waals surface area contributed by atoms with Gasteiger partial charge in [0, 0.05) is 17.1 Å². The average molecular weight is 339 g/mol. The molecule has 0 atom stereocenters. The zero-order valence-corrected chi connectivity index (χ0v) is 11.2. The third-order valence-electron chi connectivity index (χ3n) is 2.10. The lowest BCUT2D eigenvalue weighted by Gasteiger charge is -2.10. The van der Waals surface area contributed by atoms with Crippen molar-refractivity contribution < 1.29 is 35.1 Å². The van der Waals surface area contributed by atoms with Crippen LogP contribution in [0.5, 0.6) is 5.75 Å². The molecule has 0 fully saturated rings. The normalized spacial score (nSPS) is 12.5. The molecule has 1 aromatic rings. The van der Waals surface area contributed by atoms with Gasteiger partial charge in [0.05, 0.1) is 11.5 Å². The minimum atomic E-state index is -4.39. The fourth-order valence-electron chi connectivity index (χ4n) is 1.26. The van der Waals surface area contributed by atoms with Gasteiger partial charge in [-0.1, -0.05) is 0 Å². The van der Waals surface area contributed by atoms with Crippen molar-refractivity contribution in [3.8, 4) is 5.75 Å². The first kappa shape index (κ1) is 17.0. The molecule has 3 nitrogen and oxygen atoms in total. The number of ether oxygens (including phenoxy) is 1. The van der Waals surface area contributed by atoms with Crippen LogP contribution in [0.2, 0.25) is 0 Å². The maximum Gasteiger partial charge on any atom is 0.389 e. The first-order chi connectivity index (χ1) is 9.00. The fraction of sp³-hybridized carbons (Fsp3) is 0.400. The SMILES string of the molecule is O=S(=O)(Cl)c1cc(F)c(OCCCC(F)(F)F)c(F)c1. The molecular formula is C10H8ClF5O3S. The van der Waals surface area contributed by atoms with Crippen molar-refractivity contribution in [1.82, 2.24) is 0 Å². The lowest BCUT2D eigenvalue weighted by atomic mass is 10.3. The van der Waals surface area contributed by atoms with Gasteiger partial charge >= 0.3 is 6.18 Å². The van der Waals surface area contributed by atoms with Crippen LogP contribution >= 0.6 is 10.7 Å². The van der Waals surface area contributed by atoms with E-state index in [9.17, 15) is 30.4 Å². The summed E-state index contributed by atoms with van der Waals surface area (Å²) in [5, 5.41) is 0. The second kappa shape index (κ2) is 6.13. The Balaban J connectivity index is 2.78. The summed E-state index contributed by atoms with van der Waals surface area (Å²) in [6.45, 7) is -0.569. The van der Waals surface area contributed by atoms with E-state index in [1.807, 2.05) is 0 Å². The van der Waals surface area contributed by atoms with Crippen molar-refractivity contribution in [2.75, 3.05) is 6.61 Å². The zero-order valence-electron chi connectivity index (χ0n) is 9.68. The highest BCUT2D eigenvalue weighted by molar-refractivity contribution is 8.13. The lowest BCUT2D eigenvalue weighted by Crippen LogP contribution is -2.10. The molecule has 1 rings (SSSR count). The number of halogens is 6. The summed E-state index contributed by atoms with van der Waals surface area (Å²) in [5.41, 5.74) is 0. The van der Waals surface area contributed by atoms with Gasteiger partial charge in [-0.15, -0.1) is 0 Å². The summed E-state index contributed by atoms with van der Waals surface area (Å²) in [6.07, 6.45) is -6.04. The van der Waals surface area contributed by atoms with Crippen LogP contribution in [0.1, 0.15) is 12.8 Å². The van der Waals surface area contributed by atoms with Crippen LogP contribution in [0, 0.1) is 11.6 Å². The Morgan fingerprint density at radius 2 is 1.65 bits per heavy atom. The highest BCUT2D eigenvalue weighted by Gasteiger charge is 2.26. The molecule has 1 aromatic carbocycles. The largest absolute Gasteiger partial charge is 0.488 e. The van der Waals surface area contributed by atoms with Crippen LogP contribution < -0.4 is 4.74 Å². The van der Waals surface area contributed by atoms with Crippen molar-refractivity contribution in [2.45, 2.75) is 23.9 Å². The quantitative estimate of drug-likeness (QED) is 0.468. The molecule has 0 saturated carbocycles. The van der Waals surface area contributed by atoms with Crippen molar-refractivity contribution in [3.05, 3.63) is 23.8 Å². The molecule has 0 saturated heterocycles. The van der Waals surface area contributed by atoms with E-state index >= 15 is 0 Å². The summed E-state index contributed by atoms with van der Waals surface area (Å²) in [5.74, 6) is -3.68. The Morgan fingerprint density at radius 1 is 1.15 bits per heavy atom. The Kier molecular flexibility index (Phi) is 5.20. The van der Waals surface area contributed by atoms with Gasteiger partial charge in [-0.3, -0.25) is 0 Å². The van der Waals surface area contributed by atoms with Crippen LogP contribution in [0.4, 0.5) is 22.0 Å². The molecule has 0 aliphatic carbocycles. The molecule has 0 N–H and O–H groups in total. The third kappa shape index (κ3) is 5.12. The number of benzene rings is 1. The molecule has 0 amide bonds. The first-order valence-electron chi connectivity index (χ1n) is 5.14. The van der Waals surface area contributed by atoms with Crippen LogP contribution in [-0.2, 0) is 9.05 Å². The standard InChI is InChI=1S/C10H8ClF5O3S/c11-20(17,18)6-4-7(12)9(8(13)5-6)19-3-1-2-10(14,15)16/h4-5H,1-3H2. The van der Waals surface area contributed by atoms with Gasteiger partial charge in [0.25, 0.3) is 9.05 Å². The molecule has 0 unspecified atom stereocenters. The molecule has 0 aromatic heterocycles. The van der Waals surface area contributed by atoms with Gasteiger partial charge in [-0.25, -0.2) is 17.2 Å². The molecule has 0 heterocycles. The smallest absolute Gasteiger partial charge is 0.389 e. The molecule has 20 heavy (non-hydrogen) atoms. The predicted octanol–water partition coefficient (Wildman–Crippen LogP) is 3.61. The molecule has 0 aliphatic rings. The van der Waals surface area contributed by atoms with Crippen molar-refractivity contribution in [3.63, 3.8) is 0 Å². The van der Waals surface area contributed by atoms with E-state index < -0.39 is 57.0 Å². The van der Waals surface area contributed by atoms with E-state index in [1.165, 1.54) is 0 Å². The number of hydrogen-bond donors (Lipinski definition) is 0. The van der Waals surface area contributed by atoms with E-state index in [2.05, 4.69) is 4.74 Å². The minimum absolute atomic E-state index is 0.421. The zero-order chi connectivity index (χ0) is 15.6. The Bertz CT molecular complexity index is 562. The predicted molar refractivity (Wildman–Crippen MR) is 60.2 cm³/mol. The van der Waals surface area contributed by atoms with Crippen LogP contribution in [0.3, 0.4) is 0 Å². The highest BCUT2D eigenvalue weighted by atomic mass is 35.7. The second-order valence-electron chi connectivity index (χ2n) is 3.72. The van der Waals surface area contributed by atoms with E-state index in [0.717, 1.165) is 0 Å². The topological polar surface area (TPSA) is 43.4 Å². The summed E-state index contributed by atoms with van der Waals surface area (Å²) in [4.78, 5) is -0.809. The van der Waals surface area contributed by atoms with Gasteiger partial charge in [0.15, 0.2) is 17.4 Å². The van der Waals surface area contributed by atoms with Crippen molar-refractivity contribution in [1.29, 1.82) is 0 Å². The van der Waals surface area contributed by atoms with E-state index in [0.29, 0.717) is 12.1 Å². The van der Waals surface area contributed by atoms with E-state index in [-0.39, 0.29) is 0 Å². The van der Waals surface area contributed by atoms with Gasteiger partial charge in [-0.05, 0) is 18.6 Å². The Hall–Kier alpha value is -1.09. The van der Waals surface area contributed by atoms with Crippen LogP contribution in [0.15, 0.2) is 17.0 Å². The summed E-state index contributed by atoms with van der Waals surface area (Å²) < 4.78 is 88.6. The van der Waals surface area contributed by atoms with Crippen molar-refractivity contribution >= 4 is 19.7 Å². The Morgan fingerprint density at radius 3 is 2.05 bits per heavy atom. The minimum Gasteiger partial charge on any atom is -0.488 e. The monoisotopic (exact) mass is 338 g/mol. The summed E-state index contributed by atoms with van der Waals surface area (Å²) in [6, 6.07) is 0.842. The second-order valence-corrected chi connectivity index (χ2v) is 6.29. The molecule has 10 heteroatoms. The fourth-order valence-corrected chi connectivity index (χ4v) is 2.02. The molecule has 0 radical (unpaired) electrons. The van der Waals surface area contributed by atoms with Gasteiger partial charge in [-0.2, -0.15) is 13.2 Å². The summed E-state index contributed by atoms with van der Waals surface area (Å²) >= 11 is 0. The summed E-state index contributed by atoms with van der Waals surface area (Å²) in [7, 11) is 0.584. The first-order valence-corrected chi connectivity index (χ1v) is 7.45. The van der Waals surface area contributed by atoms with Crippen LogP contribution in [-0.4, -0.2) is 21.2 Å². The number of hydrogen-bond acceptors (Lipinski definition) is 3. The molecular weight excluding hydrogens is 331 g/mol. The third-order valence-corrected chi connectivity index (χ3v) is 3.44. The molecule has 0 bridgehead atoms. The maximum atomic E-state index is 13.4. The molecule has 0 spiro atoms. The average Bonchev–Trinajstić information content (AvgIpc) is 2.23. The van der Waals surface area contributed by atoms with Gasteiger partial charge in [0.1, 0.15) is 0 Å². The number of alkyl halides is 3. The van der Waals surface area contributed by atoms with Crippen LogP contribution in [0.25, 0.3) is 0 Å². The molecule has 0 aliphatic heterocycles. The van der Waals surface area contributed by atoms with E-state index in [4.69, 9.17) is 10.7 Å². The lowest BCUT2D eigenvalue weighted by molar-refractivity contribution is -0.136. The Labute approximate surface area is 115 Å². The van der Waals surface area contributed by atoms with Gasteiger partial charge < -0.3 is 4.74 Å². The van der Waals surface area contributed by atoms with Crippen molar-refractivity contribution in [2.24, 2.45) is 0 Å². The van der Waals surface area contributed by atoms with Gasteiger partial charge in [0.2, 0.25) is 0 Å². The maximum absolute atomic E-state index is 13.4. The highest BCUT2D eigenvalue weighted by Crippen LogP contribution is 2.28. The number of rotatable bonds is 5. The molecule has 114 valence electrons. The van der Waals surface area contributed by atoms with E-state index in [1.54, 1.807) is 0 Å².